The van der Waals surface area contributed by atoms with E-state index in [-0.39, 0.29) is 0 Å². The summed E-state index contributed by atoms with van der Waals surface area (Å²) in [5.41, 5.74) is 7.41. The first-order valence-corrected chi connectivity index (χ1v) is 9.28. The van der Waals surface area contributed by atoms with Gasteiger partial charge in [0.1, 0.15) is 0 Å². The Labute approximate surface area is 156 Å². The molecule has 0 aliphatic carbocycles. The molecular weight excluding hydrogens is 328 g/mol. The smallest absolute Gasteiger partial charge is 0.0489 e. The van der Waals surface area contributed by atoms with E-state index >= 15 is 0 Å². The molecule has 1 N–H and O–H groups in total. The second kappa shape index (κ2) is 5.24. The fourth-order valence-electron chi connectivity index (χ4n) is 4.38. The van der Waals surface area contributed by atoms with Gasteiger partial charge in [0.05, 0.1) is 0 Å². The predicted molar refractivity (Wildman–Crippen MR) is 115 cm³/mol. The molecule has 0 amide bonds. The lowest BCUT2D eigenvalue weighted by molar-refractivity contribution is 1.01. The van der Waals surface area contributed by atoms with Gasteiger partial charge in [0.2, 0.25) is 0 Å². The van der Waals surface area contributed by atoms with Crippen LogP contribution < -0.4 is 0 Å². The van der Waals surface area contributed by atoms with Crippen LogP contribution in [0.3, 0.4) is 0 Å². The van der Waals surface area contributed by atoms with Crippen molar-refractivity contribution in [3.8, 4) is 11.1 Å². The average molecular weight is 346 g/mol. The van der Waals surface area contributed by atoms with Gasteiger partial charge in [-0.3, -0.25) is 0 Å². The van der Waals surface area contributed by atoms with Crippen molar-refractivity contribution >= 4 is 43.6 Å². The molecule has 27 heavy (non-hydrogen) atoms. The van der Waals surface area contributed by atoms with E-state index in [1.54, 1.807) is 0 Å². The monoisotopic (exact) mass is 346 g/mol. The third-order valence-corrected chi connectivity index (χ3v) is 5.75. The van der Waals surface area contributed by atoms with Gasteiger partial charge in [0.25, 0.3) is 0 Å². The average Bonchev–Trinajstić information content (AvgIpc) is 3.23. The summed E-state index contributed by atoms with van der Waals surface area (Å²) in [5.74, 6) is 0. The lowest BCUT2D eigenvalue weighted by Crippen LogP contribution is -1.86. The fraction of sp³-hybridized carbons (Fsp3) is 0.0400. The van der Waals surface area contributed by atoms with Crippen LogP contribution in [0, 0.1) is 0 Å². The minimum atomic E-state index is 1.19. The van der Waals surface area contributed by atoms with Crippen LogP contribution >= 0.6 is 0 Å². The van der Waals surface area contributed by atoms with Gasteiger partial charge in [0.15, 0.2) is 0 Å². The highest BCUT2D eigenvalue weighted by Gasteiger charge is 2.10. The van der Waals surface area contributed by atoms with Crippen molar-refractivity contribution in [3.05, 3.63) is 84.9 Å². The number of aromatic amines is 1. The number of aromatic nitrogens is 2. The number of nitrogens with one attached hydrogen (secondary N) is 1. The van der Waals surface area contributed by atoms with Gasteiger partial charge in [0, 0.05) is 50.7 Å². The largest absolute Gasteiger partial charge is 0.354 e. The van der Waals surface area contributed by atoms with E-state index in [1.165, 1.54) is 54.7 Å². The zero-order chi connectivity index (χ0) is 18.0. The SMILES string of the molecule is Cn1c2ccccc2c2cc(-c3ccc4c(c3)[nH]c3ccccc34)ccc21. The highest BCUT2D eigenvalue weighted by Crippen LogP contribution is 2.34. The lowest BCUT2D eigenvalue weighted by Gasteiger charge is -2.04. The summed E-state index contributed by atoms with van der Waals surface area (Å²) in [4.78, 5) is 3.55. The molecule has 6 aromatic rings. The molecule has 0 atom stereocenters. The number of nitrogens with zero attached hydrogens (tertiary/aromatic N) is 1. The van der Waals surface area contributed by atoms with Crippen LogP contribution in [0.1, 0.15) is 0 Å². The number of aryl methyl sites for hydroxylation is 1. The molecule has 2 aromatic heterocycles. The minimum Gasteiger partial charge on any atom is -0.354 e. The molecule has 0 saturated heterocycles. The van der Waals surface area contributed by atoms with Crippen LogP contribution in [-0.2, 0) is 7.05 Å². The van der Waals surface area contributed by atoms with Crippen LogP contribution in [-0.4, -0.2) is 9.55 Å². The maximum atomic E-state index is 3.55. The Morgan fingerprint density at radius 3 is 2.15 bits per heavy atom. The lowest BCUT2D eigenvalue weighted by atomic mass is 10.0. The molecule has 6 rings (SSSR count). The molecule has 0 saturated carbocycles. The Hall–Kier alpha value is -3.52. The summed E-state index contributed by atoms with van der Waals surface area (Å²) in [5, 5.41) is 5.18. The maximum Gasteiger partial charge on any atom is 0.0489 e. The molecule has 0 aliphatic rings. The Bertz CT molecular complexity index is 1480. The van der Waals surface area contributed by atoms with Gasteiger partial charge < -0.3 is 9.55 Å². The zero-order valence-corrected chi connectivity index (χ0v) is 15.0. The van der Waals surface area contributed by atoms with E-state index in [9.17, 15) is 0 Å². The maximum absolute atomic E-state index is 3.55. The van der Waals surface area contributed by atoms with Gasteiger partial charge in [-0.1, -0.05) is 54.6 Å². The van der Waals surface area contributed by atoms with E-state index < -0.39 is 0 Å². The summed E-state index contributed by atoms with van der Waals surface area (Å²) < 4.78 is 2.27. The Kier molecular flexibility index (Phi) is 2.84. The van der Waals surface area contributed by atoms with Gasteiger partial charge in [-0.2, -0.15) is 0 Å². The summed E-state index contributed by atoms with van der Waals surface area (Å²) >= 11 is 0. The van der Waals surface area contributed by atoms with E-state index in [0.717, 1.165) is 0 Å². The van der Waals surface area contributed by atoms with E-state index in [2.05, 4.69) is 102 Å². The van der Waals surface area contributed by atoms with Crippen LogP contribution in [0.25, 0.3) is 54.7 Å². The molecule has 0 bridgehead atoms. The van der Waals surface area contributed by atoms with Gasteiger partial charge >= 0.3 is 0 Å². The summed E-state index contributed by atoms with van der Waals surface area (Å²) in [6.45, 7) is 0. The highest BCUT2D eigenvalue weighted by atomic mass is 14.9. The first kappa shape index (κ1) is 14.6. The first-order chi connectivity index (χ1) is 13.3. The number of para-hydroxylation sites is 2. The van der Waals surface area contributed by atoms with Crippen molar-refractivity contribution in [3.63, 3.8) is 0 Å². The number of benzene rings is 4. The molecule has 0 spiro atoms. The number of rotatable bonds is 1. The zero-order valence-electron chi connectivity index (χ0n) is 15.0. The predicted octanol–water partition coefficient (Wildman–Crippen LogP) is 6.63. The van der Waals surface area contributed by atoms with E-state index in [0.29, 0.717) is 0 Å². The minimum absolute atomic E-state index is 1.19. The summed E-state index contributed by atoms with van der Waals surface area (Å²) in [6.07, 6.45) is 0. The molecule has 0 radical (unpaired) electrons. The Morgan fingerprint density at radius 1 is 0.556 bits per heavy atom. The van der Waals surface area contributed by atoms with Crippen molar-refractivity contribution in [2.24, 2.45) is 7.05 Å². The molecular formula is C25H18N2. The topological polar surface area (TPSA) is 20.7 Å². The summed E-state index contributed by atoms with van der Waals surface area (Å²) in [6, 6.07) is 30.6. The molecule has 2 heterocycles. The molecule has 0 unspecified atom stereocenters. The Balaban J connectivity index is 1.60. The highest BCUT2D eigenvalue weighted by molar-refractivity contribution is 6.10. The molecule has 2 nitrogen and oxygen atoms in total. The van der Waals surface area contributed by atoms with Crippen molar-refractivity contribution in [1.82, 2.24) is 9.55 Å². The number of H-pyrrole nitrogens is 1. The van der Waals surface area contributed by atoms with Gasteiger partial charge in [-0.25, -0.2) is 0 Å². The van der Waals surface area contributed by atoms with Crippen molar-refractivity contribution < 1.29 is 0 Å². The first-order valence-electron chi connectivity index (χ1n) is 9.28. The van der Waals surface area contributed by atoms with E-state index in [4.69, 9.17) is 0 Å². The standard InChI is InChI=1S/C25H18N2/c1-27-24-9-5-3-7-20(24)21-14-16(11-13-25(21)27)17-10-12-19-18-6-2-4-8-22(18)26-23(19)15-17/h2-15,26H,1H3. The number of hydrogen-bond acceptors (Lipinski definition) is 0. The van der Waals surface area contributed by atoms with Crippen molar-refractivity contribution in [1.29, 1.82) is 0 Å². The fourth-order valence-corrected chi connectivity index (χ4v) is 4.38. The molecule has 0 aliphatic heterocycles. The third-order valence-electron chi connectivity index (χ3n) is 5.75. The molecule has 4 aromatic carbocycles. The summed E-state index contributed by atoms with van der Waals surface area (Å²) in [7, 11) is 2.14. The van der Waals surface area contributed by atoms with Crippen LogP contribution in [0.4, 0.5) is 0 Å². The molecule has 2 heteroatoms. The normalized spacial score (nSPS) is 11.9. The van der Waals surface area contributed by atoms with Crippen molar-refractivity contribution in [2.45, 2.75) is 0 Å². The van der Waals surface area contributed by atoms with Crippen LogP contribution in [0.5, 0.6) is 0 Å². The number of hydrogen-bond donors (Lipinski definition) is 1. The van der Waals surface area contributed by atoms with Gasteiger partial charge in [-0.15, -0.1) is 0 Å². The van der Waals surface area contributed by atoms with Crippen LogP contribution in [0.15, 0.2) is 84.9 Å². The third kappa shape index (κ3) is 2.01. The number of fused-ring (bicyclic) bond motifs is 6. The van der Waals surface area contributed by atoms with Crippen molar-refractivity contribution in [2.75, 3.05) is 0 Å². The van der Waals surface area contributed by atoms with Crippen LogP contribution in [0.2, 0.25) is 0 Å². The molecule has 0 fully saturated rings. The Morgan fingerprint density at radius 2 is 1.22 bits per heavy atom. The quantitative estimate of drug-likeness (QED) is 0.345. The second-order valence-corrected chi connectivity index (χ2v) is 7.24. The second-order valence-electron chi connectivity index (χ2n) is 7.24. The van der Waals surface area contributed by atoms with Gasteiger partial charge in [-0.05, 0) is 41.5 Å². The molecule has 128 valence electrons. The van der Waals surface area contributed by atoms with E-state index in [1.807, 2.05) is 0 Å².